The van der Waals surface area contributed by atoms with Crippen LogP contribution in [0.25, 0.3) is 0 Å². The Labute approximate surface area is 126 Å². The quantitative estimate of drug-likeness (QED) is 0.784. The number of hydrogen-bond donors (Lipinski definition) is 1. The molecule has 0 aromatic rings. The normalized spacial score (nSPS) is 20.9. The van der Waals surface area contributed by atoms with E-state index in [2.05, 4.69) is 0 Å². The fourth-order valence-electron chi connectivity index (χ4n) is 3.37. The van der Waals surface area contributed by atoms with E-state index in [0.29, 0.717) is 6.42 Å². The summed E-state index contributed by atoms with van der Waals surface area (Å²) in [6.07, 6.45) is 8.83. The van der Waals surface area contributed by atoms with Crippen LogP contribution in [0.1, 0.15) is 57.8 Å². The van der Waals surface area contributed by atoms with E-state index in [1.54, 1.807) is 0 Å². The van der Waals surface area contributed by atoms with Crippen molar-refractivity contribution in [3.05, 3.63) is 0 Å². The molecular formula is C16H27NO4. The van der Waals surface area contributed by atoms with Crippen molar-refractivity contribution in [2.75, 3.05) is 19.7 Å². The van der Waals surface area contributed by atoms with E-state index in [1.807, 2.05) is 4.90 Å². The molecule has 21 heavy (non-hydrogen) atoms. The zero-order valence-corrected chi connectivity index (χ0v) is 12.8. The Balaban J connectivity index is 1.59. The van der Waals surface area contributed by atoms with Crippen LogP contribution >= 0.6 is 0 Å². The van der Waals surface area contributed by atoms with Crippen LogP contribution in [0, 0.1) is 5.92 Å². The lowest BCUT2D eigenvalue weighted by Gasteiger charge is -2.32. The molecule has 1 aliphatic carbocycles. The lowest BCUT2D eigenvalue weighted by molar-refractivity contribution is -0.139. The molecule has 1 aliphatic heterocycles. The zero-order valence-electron chi connectivity index (χ0n) is 12.8. The van der Waals surface area contributed by atoms with Crippen molar-refractivity contribution in [2.24, 2.45) is 5.92 Å². The first-order valence-electron chi connectivity index (χ1n) is 8.26. The number of carbonyl (C=O) groups excluding carboxylic acids is 1. The Hall–Kier alpha value is -1.10. The summed E-state index contributed by atoms with van der Waals surface area (Å²) in [5.41, 5.74) is 0. The second-order valence-corrected chi connectivity index (χ2v) is 6.28. The Morgan fingerprint density at radius 3 is 2.33 bits per heavy atom. The van der Waals surface area contributed by atoms with Gasteiger partial charge >= 0.3 is 5.97 Å². The highest BCUT2D eigenvalue weighted by molar-refractivity contribution is 5.76. The monoisotopic (exact) mass is 297 g/mol. The number of likely N-dealkylation sites (tertiary alicyclic amines) is 1. The van der Waals surface area contributed by atoms with Gasteiger partial charge in [-0.25, -0.2) is 0 Å². The molecule has 0 spiro atoms. The smallest absolute Gasteiger partial charge is 0.305 e. The maximum Gasteiger partial charge on any atom is 0.305 e. The molecule has 1 heterocycles. The number of rotatable bonds is 7. The highest BCUT2D eigenvalue weighted by Crippen LogP contribution is 2.29. The first-order valence-corrected chi connectivity index (χ1v) is 8.26. The molecule has 120 valence electrons. The summed E-state index contributed by atoms with van der Waals surface area (Å²) in [5, 5.41) is 8.57. The van der Waals surface area contributed by atoms with Gasteiger partial charge in [-0.1, -0.05) is 25.7 Å². The minimum Gasteiger partial charge on any atom is -0.481 e. The third kappa shape index (κ3) is 5.65. The summed E-state index contributed by atoms with van der Waals surface area (Å²) in [6, 6.07) is 0. The van der Waals surface area contributed by atoms with E-state index in [-0.39, 0.29) is 25.0 Å². The standard InChI is InChI=1S/C16H27NO4/c18-15(6-5-13-3-1-2-4-13)17-10-7-14(8-11-17)21-12-9-16(19)20/h13-14H,1-12H2,(H,19,20). The van der Waals surface area contributed by atoms with Gasteiger partial charge in [0.15, 0.2) is 0 Å². The highest BCUT2D eigenvalue weighted by Gasteiger charge is 2.24. The molecule has 1 N–H and O–H groups in total. The summed E-state index contributed by atoms with van der Waals surface area (Å²) in [4.78, 5) is 24.6. The number of amides is 1. The molecule has 2 rings (SSSR count). The molecule has 0 bridgehead atoms. The molecule has 2 aliphatic rings. The number of aliphatic carboxylic acids is 1. The minimum absolute atomic E-state index is 0.0561. The van der Waals surface area contributed by atoms with Crippen molar-refractivity contribution in [3.63, 3.8) is 0 Å². The van der Waals surface area contributed by atoms with Crippen molar-refractivity contribution in [1.29, 1.82) is 0 Å². The summed E-state index contributed by atoms with van der Waals surface area (Å²) >= 11 is 0. The van der Waals surface area contributed by atoms with Gasteiger partial charge in [0.05, 0.1) is 19.1 Å². The second kappa shape index (κ2) is 8.37. The average Bonchev–Trinajstić information content (AvgIpc) is 2.98. The summed E-state index contributed by atoms with van der Waals surface area (Å²) in [7, 11) is 0. The van der Waals surface area contributed by atoms with E-state index in [1.165, 1.54) is 25.7 Å². The van der Waals surface area contributed by atoms with Crippen LogP contribution in [0.5, 0.6) is 0 Å². The third-order valence-electron chi connectivity index (χ3n) is 4.71. The molecule has 0 aromatic heterocycles. The van der Waals surface area contributed by atoms with Gasteiger partial charge in [0.1, 0.15) is 0 Å². The molecule has 0 radical (unpaired) electrons. The molecule has 2 fully saturated rings. The highest BCUT2D eigenvalue weighted by atomic mass is 16.5. The van der Waals surface area contributed by atoms with Crippen molar-refractivity contribution >= 4 is 11.9 Å². The average molecular weight is 297 g/mol. The summed E-state index contributed by atoms with van der Waals surface area (Å²) < 4.78 is 5.54. The van der Waals surface area contributed by atoms with Gasteiger partial charge in [-0.3, -0.25) is 9.59 Å². The summed E-state index contributed by atoms with van der Waals surface area (Å²) in [5.74, 6) is 0.228. The minimum atomic E-state index is -0.825. The number of hydrogen-bond acceptors (Lipinski definition) is 3. The van der Waals surface area contributed by atoms with Crippen LogP contribution in [0.15, 0.2) is 0 Å². The van der Waals surface area contributed by atoms with Crippen LogP contribution in [-0.2, 0) is 14.3 Å². The molecule has 5 nitrogen and oxygen atoms in total. The van der Waals surface area contributed by atoms with Gasteiger partial charge in [0.25, 0.3) is 0 Å². The zero-order chi connectivity index (χ0) is 15.1. The number of carboxylic acids is 1. The maximum absolute atomic E-state index is 12.2. The lowest BCUT2D eigenvalue weighted by Crippen LogP contribution is -2.41. The fourth-order valence-corrected chi connectivity index (χ4v) is 3.37. The first-order chi connectivity index (χ1) is 10.1. The Kier molecular flexibility index (Phi) is 6.49. The van der Waals surface area contributed by atoms with E-state index in [4.69, 9.17) is 9.84 Å². The van der Waals surface area contributed by atoms with Crippen molar-refractivity contribution < 1.29 is 19.4 Å². The van der Waals surface area contributed by atoms with Crippen molar-refractivity contribution in [2.45, 2.75) is 63.9 Å². The van der Waals surface area contributed by atoms with Gasteiger partial charge in [-0.2, -0.15) is 0 Å². The molecule has 0 unspecified atom stereocenters. The van der Waals surface area contributed by atoms with E-state index in [9.17, 15) is 9.59 Å². The molecular weight excluding hydrogens is 270 g/mol. The summed E-state index contributed by atoms with van der Waals surface area (Å²) in [6.45, 7) is 1.78. The number of piperidine rings is 1. The van der Waals surface area contributed by atoms with Gasteiger partial charge < -0.3 is 14.7 Å². The maximum atomic E-state index is 12.2. The van der Waals surface area contributed by atoms with Crippen LogP contribution < -0.4 is 0 Å². The van der Waals surface area contributed by atoms with E-state index < -0.39 is 5.97 Å². The van der Waals surface area contributed by atoms with Gasteiger partial charge in [0.2, 0.25) is 5.91 Å². The molecule has 0 atom stereocenters. The van der Waals surface area contributed by atoms with Crippen LogP contribution in [0.2, 0.25) is 0 Å². The second-order valence-electron chi connectivity index (χ2n) is 6.28. The number of ether oxygens (including phenoxy) is 1. The van der Waals surface area contributed by atoms with Gasteiger partial charge in [0, 0.05) is 19.5 Å². The number of nitrogens with zero attached hydrogens (tertiary/aromatic N) is 1. The van der Waals surface area contributed by atoms with Gasteiger partial charge in [-0.15, -0.1) is 0 Å². The Morgan fingerprint density at radius 1 is 1.05 bits per heavy atom. The first kappa shape index (κ1) is 16.3. The lowest BCUT2D eigenvalue weighted by atomic mass is 10.0. The van der Waals surface area contributed by atoms with Gasteiger partial charge in [-0.05, 0) is 25.2 Å². The predicted molar refractivity (Wildman–Crippen MR) is 79.0 cm³/mol. The fraction of sp³-hybridized carbons (Fsp3) is 0.875. The van der Waals surface area contributed by atoms with Crippen molar-refractivity contribution in [1.82, 2.24) is 4.90 Å². The largest absolute Gasteiger partial charge is 0.481 e. The Morgan fingerprint density at radius 2 is 1.71 bits per heavy atom. The number of carbonyl (C=O) groups is 2. The van der Waals surface area contributed by atoms with Crippen LogP contribution in [0.3, 0.4) is 0 Å². The molecule has 1 saturated carbocycles. The van der Waals surface area contributed by atoms with E-state index >= 15 is 0 Å². The SMILES string of the molecule is O=C(O)CCOC1CCN(C(=O)CCC2CCCC2)CC1. The van der Waals surface area contributed by atoms with E-state index in [0.717, 1.165) is 38.3 Å². The molecule has 1 saturated heterocycles. The Bertz CT molecular complexity index is 344. The molecule has 0 aromatic carbocycles. The van der Waals surface area contributed by atoms with Crippen LogP contribution in [0.4, 0.5) is 0 Å². The predicted octanol–water partition coefficient (Wildman–Crippen LogP) is 2.44. The molecule has 5 heteroatoms. The number of carboxylic acid groups (broad SMARTS) is 1. The molecule has 1 amide bonds. The van der Waals surface area contributed by atoms with Crippen LogP contribution in [-0.4, -0.2) is 47.7 Å². The third-order valence-corrected chi connectivity index (χ3v) is 4.71. The topological polar surface area (TPSA) is 66.8 Å². The van der Waals surface area contributed by atoms with Crippen molar-refractivity contribution in [3.8, 4) is 0 Å².